The molecule has 29 heavy (non-hydrogen) atoms. The van der Waals surface area contributed by atoms with Crippen molar-refractivity contribution in [1.82, 2.24) is 9.88 Å². The van der Waals surface area contributed by atoms with E-state index in [1.54, 1.807) is 0 Å². The van der Waals surface area contributed by atoms with Gasteiger partial charge in [0.15, 0.2) is 0 Å². The highest BCUT2D eigenvalue weighted by atomic mass is 16.5. The summed E-state index contributed by atoms with van der Waals surface area (Å²) < 4.78 is 5.65. The first kappa shape index (κ1) is 19.7. The van der Waals surface area contributed by atoms with Gasteiger partial charge in [0.2, 0.25) is 5.91 Å². The van der Waals surface area contributed by atoms with Crippen molar-refractivity contribution in [2.45, 2.75) is 46.1 Å². The molecule has 1 saturated heterocycles. The minimum Gasteiger partial charge on any atom is -0.458 e. The molecule has 2 aliphatic rings. The van der Waals surface area contributed by atoms with Crippen LogP contribution in [0.4, 0.5) is 0 Å². The second-order valence-corrected chi connectivity index (χ2v) is 9.39. The summed E-state index contributed by atoms with van der Waals surface area (Å²) in [6.45, 7) is 7.07. The first-order valence-corrected chi connectivity index (χ1v) is 10.5. The number of hydrogen-bond acceptors (Lipinski definition) is 3. The van der Waals surface area contributed by atoms with E-state index in [1.807, 2.05) is 43.9 Å². The summed E-state index contributed by atoms with van der Waals surface area (Å²) >= 11 is 0. The fourth-order valence-electron chi connectivity index (χ4n) is 4.34. The summed E-state index contributed by atoms with van der Waals surface area (Å²) in [6, 6.07) is 8.27. The number of H-pyrrole nitrogens is 1. The Morgan fingerprint density at radius 1 is 1.24 bits per heavy atom. The molecule has 5 nitrogen and oxygen atoms in total. The van der Waals surface area contributed by atoms with Gasteiger partial charge in [-0.05, 0) is 63.2 Å². The van der Waals surface area contributed by atoms with Gasteiger partial charge in [-0.1, -0.05) is 24.3 Å². The Balaban J connectivity index is 1.37. The van der Waals surface area contributed by atoms with Crippen molar-refractivity contribution < 1.29 is 14.3 Å². The summed E-state index contributed by atoms with van der Waals surface area (Å²) in [4.78, 5) is 30.2. The number of carbonyl (C=O) groups is 2. The summed E-state index contributed by atoms with van der Waals surface area (Å²) in [5.41, 5.74) is 1.88. The number of para-hydroxylation sites is 1. The van der Waals surface area contributed by atoms with Gasteiger partial charge in [-0.15, -0.1) is 0 Å². The maximum Gasteiger partial charge on any atom is 0.311 e. The summed E-state index contributed by atoms with van der Waals surface area (Å²) in [5.74, 6) is 0.630. The molecule has 5 heteroatoms. The average molecular weight is 395 g/mol. The number of nitrogens with one attached hydrogen (secondary N) is 1. The number of ether oxygens (including phenoxy) is 1. The molecule has 3 atom stereocenters. The van der Waals surface area contributed by atoms with Crippen molar-refractivity contribution in [3.63, 3.8) is 0 Å². The quantitative estimate of drug-likeness (QED) is 0.627. The molecule has 1 fully saturated rings. The number of amides is 1. The molecule has 4 rings (SSSR count). The highest BCUT2D eigenvalue weighted by Crippen LogP contribution is 2.35. The van der Waals surface area contributed by atoms with Crippen LogP contribution in [-0.4, -0.2) is 41.0 Å². The third kappa shape index (κ3) is 4.24. The van der Waals surface area contributed by atoms with Crippen LogP contribution in [0.3, 0.4) is 0 Å². The van der Waals surface area contributed by atoms with Crippen molar-refractivity contribution in [2.24, 2.45) is 17.3 Å². The Morgan fingerprint density at radius 2 is 2.03 bits per heavy atom. The predicted octanol–water partition coefficient (Wildman–Crippen LogP) is 4.09. The number of piperidine rings is 1. The van der Waals surface area contributed by atoms with Gasteiger partial charge in [-0.2, -0.15) is 0 Å². The lowest BCUT2D eigenvalue weighted by atomic mass is 9.77. The Bertz CT molecular complexity index is 937. The van der Waals surface area contributed by atoms with E-state index in [2.05, 4.69) is 29.4 Å². The van der Waals surface area contributed by atoms with Crippen LogP contribution in [0.25, 0.3) is 10.9 Å². The molecule has 0 bridgehead atoms. The zero-order valence-corrected chi connectivity index (χ0v) is 17.5. The molecular weight excluding hydrogens is 364 g/mol. The van der Waals surface area contributed by atoms with Crippen molar-refractivity contribution in [3.05, 3.63) is 48.2 Å². The van der Waals surface area contributed by atoms with Crippen molar-refractivity contribution in [3.8, 4) is 0 Å². The molecular formula is C24H30N2O3. The highest BCUT2D eigenvalue weighted by molar-refractivity contribution is 5.83. The number of esters is 1. The molecule has 1 amide bonds. The van der Waals surface area contributed by atoms with E-state index in [0.29, 0.717) is 12.3 Å². The van der Waals surface area contributed by atoms with E-state index in [4.69, 9.17) is 4.74 Å². The third-order valence-electron chi connectivity index (χ3n) is 6.13. The van der Waals surface area contributed by atoms with Gasteiger partial charge >= 0.3 is 5.97 Å². The second kappa shape index (κ2) is 7.69. The molecule has 1 aromatic carbocycles. The first-order chi connectivity index (χ1) is 13.8. The van der Waals surface area contributed by atoms with Crippen LogP contribution in [0, 0.1) is 17.3 Å². The summed E-state index contributed by atoms with van der Waals surface area (Å²) in [6.07, 6.45) is 8.13. The van der Waals surface area contributed by atoms with Gasteiger partial charge in [0.25, 0.3) is 0 Å². The lowest BCUT2D eigenvalue weighted by molar-refractivity contribution is -0.157. The van der Waals surface area contributed by atoms with Crippen LogP contribution < -0.4 is 0 Å². The molecule has 0 unspecified atom stereocenters. The largest absolute Gasteiger partial charge is 0.458 e. The zero-order valence-electron chi connectivity index (χ0n) is 17.5. The van der Waals surface area contributed by atoms with E-state index in [0.717, 1.165) is 31.4 Å². The number of hydrogen-bond donors (Lipinski definition) is 1. The predicted molar refractivity (Wildman–Crippen MR) is 113 cm³/mol. The van der Waals surface area contributed by atoms with E-state index < -0.39 is 5.41 Å². The zero-order chi connectivity index (χ0) is 20.6. The van der Waals surface area contributed by atoms with Crippen LogP contribution >= 0.6 is 0 Å². The number of nitrogens with zero attached hydrogens (tertiary/aromatic N) is 1. The molecule has 1 aliphatic heterocycles. The minimum atomic E-state index is -0.508. The Labute approximate surface area is 172 Å². The van der Waals surface area contributed by atoms with Crippen molar-refractivity contribution >= 4 is 22.8 Å². The van der Waals surface area contributed by atoms with Gasteiger partial charge in [-0.3, -0.25) is 9.59 Å². The molecule has 2 heterocycles. The SMILES string of the molecule is CC(C)(C)C(=O)O[C@@H]1C=C[C@H]2CN(CCc3c[nH]c4ccccc34)C(=O)C[C@@H]2C1. The minimum absolute atomic E-state index is 0.187. The maximum absolute atomic E-state index is 12.7. The first-order valence-electron chi connectivity index (χ1n) is 10.5. The Kier molecular flexibility index (Phi) is 5.24. The van der Waals surface area contributed by atoms with Crippen molar-refractivity contribution in [1.29, 1.82) is 0 Å². The number of aromatic amines is 1. The number of rotatable bonds is 4. The lowest BCUT2D eigenvalue weighted by Crippen LogP contribution is -2.47. The van der Waals surface area contributed by atoms with Crippen LogP contribution in [0.15, 0.2) is 42.6 Å². The summed E-state index contributed by atoms with van der Waals surface area (Å²) in [7, 11) is 0. The molecule has 154 valence electrons. The van der Waals surface area contributed by atoms with Crippen molar-refractivity contribution in [2.75, 3.05) is 13.1 Å². The van der Waals surface area contributed by atoms with Crippen LogP contribution in [0.2, 0.25) is 0 Å². The molecule has 0 spiro atoms. The van der Waals surface area contributed by atoms with E-state index in [-0.39, 0.29) is 23.9 Å². The van der Waals surface area contributed by atoms with Crippen LogP contribution in [0.5, 0.6) is 0 Å². The molecule has 2 aromatic rings. The standard InChI is InChI=1S/C24H30N2O3/c1-24(2,3)23(28)29-19-9-8-17-15-26(22(27)13-18(17)12-19)11-10-16-14-25-21-7-5-4-6-20(16)21/h4-9,14,17-19,25H,10-13,15H2,1-3H3/t17-,18-,19+/m0/s1. The van der Waals surface area contributed by atoms with Gasteiger partial charge in [-0.25, -0.2) is 0 Å². The second-order valence-electron chi connectivity index (χ2n) is 9.39. The lowest BCUT2D eigenvalue weighted by Gasteiger charge is -2.40. The molecule has 0 saturated carbocycles. The fourth-order valence-corrected chi connectivity index (χ4v) is 4.34. The molecule has 1 aromatic heterocycles. The van der Waals surface area contributed by atoms with E-state index >= 15 is 0 Å². The van der Waals surface area contributed by atoms with E-state index in [9.17, 15) is 9.59 Å². The number of aromatic nitrogens is 1. The van der Waals surface area contributed by atoms with Crippen LogP contribution in [-0.2, 0) is 20.7 Å². The Hall–Kier alpha value is -2.56. The molecule has 1 aliphatic carbocycles. The van der Waals surface area contributed by atoms with Gasteiger partial charge in [0.1, 0.15) is 6.10 Å². The molecule has 1 N–H and O–H groups in total. The maximum atomic E-state index is 12.7. The third-order valence-corrected chi connectivity index (χ3v) is 6.13. The number of carbonyl (C=O) groups excluding carboxylic acids is 2. The van der Waals surface area contributed by atoms with Gasteiger partial charge in [0.05, 0.1) is 5.41 Å². The topological polar surface area (TPSA) is 62.4 Å². The van der Waals surface area contributed by atoms with Crippen LogP contribution in [0.1, 0.15) is 39.2 Å². The number of likely N-dealkylation sites (tertiary alicyclic amines) is 1. The number of benzene rings is 1. The number of fused-ring (bicyclic) bond motifs is 2. The fraction of sp³-hybridized carbons (Fsp3) is 0.500. The van der Waals surface area contributed by atoms with Gasteiger partial charge in [0, 0.05) is 36.6 Å². The van der Waals surface area contributed by atoms with Gasteiger partial charge < -0.3 is 14.6 Å². The summed E-state index contributed by atoms with van der Waals surface area (Å²) in [5, 5.41) is 1.23. The average Bonchev–Trinajstić information content (AvgIpc) is 3.09. The molecule has 0 radical (unpaired) electrons. The highest BCUT2D eigenvalue weighted by Gasteiger charge is 2.37. The normalized spacial score (nSPS) is 24.6. The monoisotopic (exact) mass is 394 g/mol. The van der Waals surface area contributed by atoms with E-state index in [1.165, 1.54) is 10.9 Å². The Morgan fingerprint density at radius 3 is 2.83 bits per heavy atom. The smallest absolute Gasteiger partial charge is 0.311 e.